The molecule has 0 spiro atoms. The van der Waals surface area contributed by atoms with Gasteiger partial charge in [0.25, 0.3) is 5.69 Å². The van der Waals surface area contributed by atoms with Gasteiger partial charge in [0.05, 0.1) is 11.3 Å². The van der Waals surface area contributed by atoms with Crippen molar-refractivity contribution in [3.63, 3.8) is 0 Å². The molecule has 0 aliphatic heterocycles. The number of hydrogen-bond donors (Lipinski definition) is 1. The van der Waals surface area contributed by atoms with E-state index in [1.165, 1.54) is 11.0 Å². The number of para-hydroxylation sites is 1. The number of hydrogen-bond acceptors (Lipinski definition) is 4. The predicted molar refractivity (Wildman–Crippen MR) is 116 cm³/mol. The third-order valence-corrected chi connectivity index (χ3v) is 5.11. The molecule has 2 rings (SSSR count). The average molecular weight is 412 g/mol. The number of nitro groups is 1. The fraction of sp³-hybridized carbons (Fsp3) is 0.391. The zero-order chi connectivity index (χ0) is 22.1. The van der Waals surface area contributed by atoms with Gasteiger partial charge >= 0.3 is 0 Å². The van der Waals surface area contributed by atoms with Crippen molar-refractivity contribution in [2.75, 3.05) is 0 Å². The largest absolute Gasteiger partial charge is 0.352 e. The fourth-order valence-electron chi connectivity index (χ4n) is 3.24. The van der Waals surface area contributed by atoms with Gasteiger partial charge in [-0.15, -0.1) is 0 Å². The molecule has 30 heavy (non-hydrogen) atoms. The van der Waals surface area contributed by atoms with Crippen LogP contribution in [0.4, 0.5) is 5.69 Å². The monoisotopic (exact) mass is 411 g/mol. The number of nitrogens with one attached hydrogen (secondary N) is 1. The van der Waals surface area contributed by atoms with Crippen molar-refractivity contribution in [1.82, 2.24) is 10.2 Å². The maximum absolute atomic E-state index is 13.3. The van der Waals surface area contributed by atoms with E-state index in [9.17, 15) is 19.7 Å². The van der Waals surface area contributed by atoms with Gasteiger partial charge in [-0.1, -0.05) is 62.4 Å². The molecule has 2 aromatic rings. The molecule has 0 aromatic heterocycles. The van der Waals surface area contributed by atoms with Crippen molar-refractivity contribution in [1.29, 1.82) is 0 Å². The second-order valence-corrected chi connectivity index (χ2v) is 7.31. The summed E-state index contributed by atoms with van der Waals surface area (Å²) in [6.07, 6.45) is 1.08. The summed E-state index contributed by atoms with van der Waals surface area (Å²) in [5.74, 6) is -0.530. The highest BCUT2D eigenvalue weighted by atomic mass is 16.6. The van der Waals surface area contributed by atoms with Gasteiger partial charge in [0, 0.05) is 24.2 Å². The fourth-order valence-corrected chi connectivity index (χ4v) is 3.24. The maximum Gasteiger partial charge on any atom is 0.273 e. The molecule has 0 saturated carbocycles. The number of carbonyl (C=O) groups is 2. The quantitative estimate of drug-likeness (QED) is 0.475. The Kier molecular flexibility index (Phi) is 8.53. The summed E-state index contributed by atoms with van der Waals surface area (Å²) in [7, 11) is 0. The van der Waals surface area contributed by atoms with Crippen LogP contribution in [0.5, 0.6) is 0 Å². The normalized spacial score (nSPS) is 12.6. The molecule has 160 valence electrons. The number of benzene rings is 2. The summed E-state index contributed by atoms with van der Waals surface area (Å²) in [6, 6.07) is 15.0. The van der Waals surface area contributed by atoms with E-state index >= 15 is 0 Å². The van der Waals surface area contributed by atoms with E-state index in [2.05, 4.69) is 5.32 Å². The first kappa shape index (κ1) is 23.1. The summed E-state index contributed by atoms with van der Waals surface area (Å²) < 4.78 is 0. The molecule has 0 heterocycles. The van der Waals surface area contributed by atoms with E-state index < -0.39 is 11.0 Å². The van der Waals surface area contributed by atoms with E-state index in [4.69, 9.17) is 0 Å². The van der Waals surface area contributed by atoms with Gasteiger partial charge in [-0.05, 0) is 25.3 Å². The van der Waals surface area contributed by atoms with Gasteiger partial charge < -0.3 is 10.2 Å². The summed E-state index contributed by atoms with van der Waals surface area (Å²) in [5.41, 5.74) is 1.13. The molecule has 2 aromatic carbocycles. The van der Waals surface area contributed by atoms with Gasteiger partial charge in [0.15, 0.2) is 0 Å². The Bertz CT molecular complexity index is 870. The minimum Gasteiger partial charge on any atom is -0.352 e. The van der Waals surface area contributed by atoms with Crippen LogP contribution in [0.15, 0.2) is 54.6 Å². The van der Waals surface area contributed by atoms with Crippen LogP contribution in [-0.2, 0) is 22.6 Å². The summed E-state index contributed by atoms with van der Waals surface area (Å²) in [5, 5.41) is 14.3. The minimum atomic E-state index is -0.658. The Balaban J connectivity index is 2.33. The second-order valence-electron chi connectivity index (χ2n) is 7.31. The van der Waals surface area contributed by atoms with Crippen molar-refractivity contribution in [3.05, 3.63) is 75.8 Å². The lowest BCUT2D eigenvalue weighted by Crippen LogP contribution is -2.51. The van der Waals surface area contributed by atoms with Gasteiger partial charge in [-0.3, -0.25) is 19.7 Å². The van der Waals surface area contributed by atoms with Crippen LogP contribution in [0.3, 0.4) is 0 Å². The molecule has 0 aliphatic carbocycles. The first-order valence-electron chi connectivity index (χ1n) is 10.2. The van der Waals surface area contributed by atoms with E-state index in [1.807, 2.05) is 51.1 Å². The third-order valence-electron chi connectivity index (χ3n) is 5.11. The van der Waals surface area contributed by atoms with E-state index in [1.54, 1.807) is 18.2 Å². The van der Waals surface area contributed by atoms with E-state index in [0.29, 0.717) is 12.0 Å². The summed E-state index contributed by atoms with van der Waals surface area (Å²) >= 11 is 0. The first-order chi connectivity index (χ1) is 14.4. The highest BCUT2D eigenvalue weighted by Gasteiger charge is 2.30. The lowest BCUT2D eigenvalue weighted by molar-refractivity contribution is -0.385. The molecule has 0 fully saturated rings. The molecule has 0 bridgehead atoms. The molecule has 2 atom stereocenters. The molecule has 0 unspecified atom stereocenters. The molecule has 0 aliphatic rings. The van der Waals surface area contributed by atoms with Gasteiger partial charge in [-0.2, -0.15) is 0 Å². The van der Waals surface area contributed by atoms with Crippen molar-refractivity contribution in [3.8, 4) is 0 Å². The SMILES string of the molecule is CC[C@H](C(=O)N[C@@H](C)CC)N(Cc1ccccc1)C(=O)Cc1ccccc1[N+](=O)[O-]. The summed E-state index contributed by atoms with van der Waals surface area (Å²) in [4.78, 5) is 38.5. The van der Waals surface area contributed by atoms with Crippen LogP contribution < -0.4 is 5.32 Å². The molecule has 2 amide bonds. The topological polar surface area (TPSA) is 92.6 Å². The summed E-state index contributed by atoms with van der Waals surface area (Å²) in [6.45, 7) is 6.01. The minimum absolute atomic E-state index is 0.00422. The molecule has 1 N–H and O–H groups in total. The molecule has 7 nitrogen and oxygen atoms in total. The smallest absolute Gasteiger partial charge is 0.273 e. The highest BCUT2D eigenvalue weighted by molar-refractivity contribution is 5.89. The molecular weight excluding hydrogens is 382 g/mol. The number of amides is 2. The van der Waals surface area contributed by atoms with Crippen LogP contribution in [0.25, 0.3) is 0 Å². The van der Waals surface area contributed by atoms with Crippen LogP contribution >= 0.6 is 0 Å². The highest BCUT2D eigenvalue weighted by Crippen LogP contribution is 2.21. The maximum atomic E-state index is 13.3. The predicted octanol–water partition coefficient (Wildman–Crippen LogP) is 3.86. The van der Waals surface area contributed by atoms with Crippen molar-refractivity contribution >= 4 is 17.5 Å². The Hall–Kier alpha value is -3.22. The Morgan fingerprint density at radius 2 is 1.67 bits per heavy atom. The van der Waals surface area contributed by atoms with Gasteiger partial charge in [0.1, 0.15) is 6.04 Å². The van der Waals surface area contributed by atoms with Crippen LogP contribution in [-0.4, -0.2) is 33.7 Å². The molecule has 0 radical (unpaired) electrons. The van der Waals surface area contributed by atoms with Crippen LogP contribution in [0.2, 0.25) is 0 Å². The van der Waals surface area contributed by atoms with E-state index in [-0.39, 0.29) is 36.5 Å². The van der Waals surface area contributed by atoms with Crippen molar-refractivity contribution in [2.24, 2.45) is 0 Å². The molecular formula is C23H29N3O4. The zero-order valence-corrected chi connectivity index (χ0v) is 17.7. The number of carbonyl (C=O) groups excluding carboxylic acids is 2. The third kappa shape index (κ3) is 6.14. The Morgan fingerprint density at radius 1 is 1.03 bits per heavy atom. The first-order valence-corrected chi connectivity index (χ1v) is 10.2. The average Bonchev–Trinajstić information content (AvgIpc) is 2.74. The van der Waals surface area contributed by atoms with Crippen molar-refractivity contribution < 1.29 is 14.5 Å². The second kappa shape index (κ2) is 11.1. The number of nitrogens with zero attached hydrogens (tertiary/aromatic N) is 2. The van der Waals surface area contributed by atoms with Crippen LogP contribution in [0.1, 0.15) is 44.7 Å². The lowest BCUT2D eigenvalue weighted by Gasteiger charge is -2.31. The Labute approximate surface area is 177 Å². The standard InChI is InChI=1S/C23H29N3O4/c1-4-17(3)24-23(28)20(5-2)25(16-18-11-7-6-8-12-18)22(27)15-19-13-9-10-14-21(19)26(29)30/h6-14,17,20H,4-5,15-16H2,1-3H3,(H,24,28)/t17-,20+/m0/s1. The number of rotatable bonds is 10. The van der Waals surface area contributed by atoms with Gasteiger partial charge in [-0.25, -0.2) is 0 Å². The number of nitro benzene ring substituents is 1. The molecule has 0 saturated heterocycles. The van der Waals surface area contributed by atoms with E-state index in [0.717, 1.165) is 12.0 Å². The molecule has 7 heteroatoms. The van der Waals surface area contributed by atoms with Gasteiger partial charge in [0.2, 0.25) is 11.8 Å². The van der Waals surface area contributed by atoms with Crippen LogP contribution in [0, 0.1) is 10.1 Å². The Morgan fingerprint density at radius 3 is 2.27 bits per heavy atom. The van der Waals surface area contributed by atoms with Crippen molar-refractivity contribution in [2.45, 2.75) is 58.7 Å². The lowest BCUT2D eigenvalue weighted by atomic mass is 10.0. The zero-order valence-electron chi connectivity index (χ0n) is 17.7.